The molecule has 100 valence electrons. The van der Waals surface area contributed by atoms with Gasteiger partial charge in [-0.1, -0.05) is 17.7 Å². The molecule has 0 radical (unpaired) electrons. The highest BCUT2D eigenvalue weighted by Gasteiger charge is 2.37. The number of rotatable bonds is 5. The topological polar surface area (TPSA) is 46.5 Å². The van der Waals surface area contributed by atoms with Crippen molar-refractivity contribution in [1.82, 2.24) is 0 Å². The van der Waals surface area contributed by atoms with Crippen LogP contribution in [0.15, 0.2) is 12.1 Å². The van der Waals surface area contributed by atoms with E-state index in [2.05, 4.69) is 0 Å². The Hall–Kier alpha value is -1.35. The summed E-state index contributed by atoms with van der Waals surface area (Å²) in [6.45, 7) is 8.19. The molecule has 0 aliphatic heterocycles. The van der Waals surface area contributed by atoms with Crippen molar-refractivity contribution in [3.63, 3.8) is 0 Å². The van der Waals surface area contributed by atoms with Crippen molar-refractivity contribution in [3.05, 3.63) is 34.4 Å². The maximum Gasteiger partial charge on any atom is 0.313 e. The molecule has 0 aliphatic rings. The van der Waals surface area contributed by atoms with Gasteiger partial charge >= 0.3 is 5.97 Å². The lowest BCUT2D eigenvalue weighted by atomic mass is 9.75. The van der Waals surface area contributed by atoms with Crippen molar-refractivity contribution in [2.24, 2.45) is 0 Å². The van der Waals surface area contributed by atoms with Crippen LogP contribution in [0.1, 0.15) is 35.6 Å². The first-order chi connectivity index (χ1) is 8.32. The molecule has 3 nitrogen and oxygen atoms in total. The first kappa shape index (κ1) is 14.7. The standard InChI is InChI=1S/C15H22O3/c1-10-8-11(2)13(12(3)9-10)15(4,14(16)17)6-7-18-5/h8-9H,6-7H2,1-5H3,(H,16,17). The summed E-state index contributed by atoms with van der Waals surface area (Å²) in [5, 5.41) is 9.58. The maximum absolute atomic E-state index is 11.7. The Balaban J connectivity index is 3.34. The summed E-state index contributed by atoms with van der Waals surface area (Å²) >= 11 is 0. The van der Waals surface area contributed by atoms with Gasteiger partial charge in [0.05, 0.1) is 5.41 Å². The fourth-order valence-corrected chi connectivity index (χ4v) is 2.70. The zero-order valence-corrected chi connectivity index (χ0v) is 11.8. The number of methoxy groups -OCH3 is 1. The molecule has 0 aromatic heterocycles. The van der Waals surface area contributed by atoms with Gasteiger partial charge in [-0.15, -0.1) is 0 Å². The van der Waals surface area contributed by atoms with E-state index in [1.165, 1.54) is 0 Å². The Morgan fingerprint density at radius 3 is 2.17 bits per heavy atom. The largest absolute Gasteiger partial charge is 0.481 e. The fourth-order valence-electron chi connectivity index (χ4n) is 2.70. The molecule has 0 spiro atoms. The highest BCUT2D eigenvalue weighted by molar-refractivity contribution is 5.82. The zero-order valence-electron chi connectivity index (χ0n) is 11.8. The predicted molar refractivity (Wildman–Crippen MR) is 72.1 cm³/mol. The third-order valence-electron chi connectivity index (χ3n) is 3.51. The highest BCUT2D eigenvalue weighted by atomic mass is 16.5. The molecule has 0 amide bonds. The summed E-state index contributed by atoms with van der Waals surface area (Å²) in [6.07, 6.45) is 0.476. The van der Waals surface area contributed by atoms with E-state index in [0.29, 0.717) is 13.0 Å². The lowest BCUT2D eigenvalue weighted by Gasteiger charge is -2.29. The third-order valence-corrected chi connectivity index (χ3v) is 3.51. The molecule has 1 unspecified atom stereocenters. The van der Waals surface area contributed by atoms with Crippen LogP contribution in [-0.2, 0) is 14.9 Å². The van der Waals surface area contributed by atoms with Gasteiger partial charge in [0.2, 0.25) is 0 Å². The van der Waals surface area contributed by atoms with Crippen LogP contribution < -0.4 is 0 Å². The second-order valence-corrected chi connectivity index (χ2v) is 5.15. The number of ether oxygens (including phenoxy) is 1. The molecule has 1 N–H and O–H groups in total. The number of carboxylic acid groups (broad SMARTS) is 1. The van der Waals surface area contributed by atoms with E-state index in [9.17, 15) is 9.90 Å². The minimum absolute atomic E-state index is 0.440. The number of benzene rings is 1. The number of aliphatic carboxylic acids is 1. The molecule has 0 fully saturated rings. The van der Waals surface area contributed by atoms with E-state index < -0.39 is 11.4 Å². The maximum atomic E-state index is 11.7. The molecule has 18 heavy (non-hydrogen) atoms. The van der Waals surface area contributed by atoms with Gasteiger partial charge in [-0.3, -0.25) is 4.79 Å². The lowest BCUT2D eigenvalue weighted by molar-refractivity contribution is -0.144. The van der Waals surface area contributed by atoms with Crippen LogP contribution in [0.2, 0.25) is 0 Å². The van der Waals surface area contributed by atoms with Gasteiger partial charge in [0.25, 0.3) is 0 Å². The smallest absolute Gasteiger partial charge is 0.313 e. The van der Waals surface area contributed by atoms with Gasteiger partial charge in [0.1, 0.15) is 0 Å². The number of carboxylic acids is 1. The van der Waals surface area contributed by atoms with Crippen LogP contribution in [0.25, 0.3) is 0 Å². The van der Waals surface area contributed by atoms with Crippen molar-refractivity contribution in [1.29, 1.82) is 0 Å². The SMILES string of the molecule is COCCC(C)(C(=O)O)c1c(C)cc(C)cc1C. The lowest BCUT2D eigenvalue weighted by Crippen LogP contribution is -2.35. The summed E-state index contributed by atoms with van der Waals surface area (Å²) in [7, 11) is 1.59. The Morgan fingerprint density at radius 1 is 1.28 bits per heavy atom. The van der Waals surface area contributed by atoms with Crippen LogP contribution >= 0.6 is 0 Å². The van der Waals surface area contributed by atoms with Gasteiger partial charge in [-0.05, 0) is 50.8 Å². The molecule has 1 aromatic carbocycles. The minimum atomic E-state index is -0.891. The number of aryl methyl sites for hydroxylation is 3. The molecule has 0 bridgehead atoms. The Bertz CT molecular complexity index is 428. The normalized spacial score (nSPS) is 14.3. The first-order valence-electron chi connectivity index (χ1n) is 6.13. The molecule has 0 heterocycles. The van der Waals surface area contributed by atoms with E-state index in [-0.39, 0.29) is 0 Å². The molecule has 3 heteroatoms. The van der Waals surface area contributed by atoms with Crippen LogP contribution in [0.5, 0.6) is 0 Å². The van der Waals surface area contributed by atoms with Crippen LogP contribution in [-0.4, -0.2) is 24.8 Å². The van der Waals surface area contributed by atoms with Crippen LogP contribution in [0.4, 0.5) is 0 Å². The Kier molecular flexibility index (Phi) is 4.52. The van der Waals surface area contributed by atoms with E-state index in [0.717, 1.165) is 22.3 Å². The molecule has 1 rings (SSSR count). The molecular weight excluding hydrogens is 228 g/mol. The van der Waals surface area contributed by atoms with E-state index in [1.807, 2.05) is 32.9 Å². The second kappa shape index (κ2) is 5.53. The minimum Gasteiger partial charge on any atom is -0.481 e. The van der Waals surface area contributed by atoms with Crippen molar-refractivity contribution in [3.8, 4) is 0 Å². The van der Waals surface area contributed by atoms with Gasteiger partial charge in [0.15, 0.2) is 0 Å². The van der Waals surface area contributed by atoms with Gasteiger partial charge in [-0.2, -0.15) is 0 Å². The van der Waals surface area contributed by atoms with E-state index in [1.54, 1.807) is 14.0 Å². The monoisotopic (exact) mass is 250 g/mol. The Labute approximate surface area is 109 Å². The van der Waals surface area contributed by atoms with E-state index >= 15 is 0 Å². The Morgan fingerprint density at radius 2 is 1.78 bits per heavy atom. The highest BCUT2D eigenvalue weighted by Crippen LogP contribution is 2.34. The predicted octanol–water partition coefficient (Wildman–Crippen LogP) is 2.99. The zero-order chi connectivity index (χ0) is 13.9. The fraction of sp³-hybridized carbons (Fsp3) is 0.533. The molecule has 0 aliphatic carbocycles. The molecule has 0 saturated carbocycles. The summed E-state index contributed by atoms with van der Waals surface area (Å²) in [6, 6.07) is 4.08. The number of hydrogen-bond acceptors (Lipinski definition) is 2. The second-order valence-electron chi connectivity index (χ2n) is 5.15. The van der Waals surface area contributed by atoms with Crippen molar-refractivity contribution >= 4 is 5.97 Å². The first-order valence-corrected chi connectivity index (χ1v) is 6.13. The average molecular weight is 250 g/mol. The van der Waals surface area contributed by atoms with Crippen LogP contribution in [0, 0.1) is 20.8 Å². The third kappa shape index (κ3) is 2.72. The number of hydrogen-bond donors (Lipinski definition) is 1. The van der Waals surface area contributed by atoms with Gasteiger partial charge in [-0.25, -0.2) is 0 Å². The van der Waals surface area contributed by atoms with E-state index in [4.69, 9.17) is 4.74 Å². The average Bonchev–Trinajstić information content (AvgIpc) is 2.24. The summed E-state index contributed by atoms with van der Waals surface area (Å²) in [4.78, 5) is 11.7. The van der Waals surface area contributed by atoms with Crippen molar-refractivity contribution < 1.29 is 14.6 Å². The van der Waals surface area contributed by atoms with Crippen molar-refractivity contribution in [2.75, 3.05) is 13.7 Å². The molecule has 1 aromatic rings. The molecule has 0 saturated heterocycles. The van der Waals surface area contributed by atoms with Crippen molar-refractivity contribution in [2.45, 2.75) is 39.5 Å². The quantitative estimate of drug-likeness (QED) is 0.873. The van der Waals surface area contributed by atoms with Gasteiger partial charge in [0, 0.05) is 13.7 Å². The number of carbonyl (C=O) groups is 1. The summed E-state index contributed by atoms with van der Waals surface area (Å²) in [5.74, 6) is -0.797. The van der Waals surface area contributed by atoms with Crippen LogP contribution in [0.3, 0.4) is 0 Å². The van der Waals surface area contributed by atoms with Gasteiger partial charge < -0.3 is 9.84 Å². The molecular formula is C15H22O3. The molecule has 1 atom stereocenters. The summed E-state index contributed by atoms with van der Waals surface area (Å²) in [5.41, 5.74) is 3.26. The summed E-state index contributed by atoms with van der Waals surface area (Å²) < 4.78 is 5.05.